The normalized spacial score (nSPS) is 10.7. The molecule has 0 saturated heterocycles. The molecular formula is C21H20O2. The van der Waals surface area contributed by atoms with Crippen molar-refractivity contribution in [3.05, 3.63) is 66.2 Å². The van der Waals surface area contributed by atoms with Crippen LogP contribution in [0.5, 0.6) is 5.75 Å². The highest BCUT2D eigenvalue weighted by molar-refractivity contribution is 6.00. The van der Waals surface area contributed by atoms with Crippen LogP contribution in [0, 0.1) is 0 Å². The summed E-state index contributed by atoms with van der Waals surface area (Å²) in [6.45, 7) is 2.81. The number of ether oxygens (including phenoxy) is 1. The van der Waals surface area contributed by atoms with E-state index in [9.17, 15) is 4.79 Å². The van der Waals surface area contributed by atoms with E-state index in [0.29, 0.717) is 12.2 Å². The summed E-state index contributed by atoms with van der Waals surface area (Å²) in [6, 6.07) is 20.1. The molecule has 0 N–H and O–H groups in total. The van der Waals surface area contributed by atoms with Crippen LogP contribution >= 0.6 is 0 Å². The van der Waals surface area contributed by atoms with E-state index in [1.165, 1.54) is 5.39 Å². The van der Waals surface area contributed by atoms with Gasteiger partial charge in [0.05, 0.1) is 6.61 Å². The van der Waals surface area contributed by atoms with Crippen molar-refractivity contribution < 1.29 is 9.53 Å². The third-order valence-electron chi connectivity index (χ3n) is 4.00. The minimum Gasteiger partial charge on any atom is -0.494 e. The summed E-state index contributed by atoms with van der Waals surface area (Å²) in [5.74, 6) is 0.754. The van der Waals surface area contributed by atoms with Gasteiger partial charge in [0, 0.05) is 5.56 Å². The number of fused-ring (bicyclic) bond motifs is 1. The summed E-state index contributed by atoms with van der Waals surface area (Å²) in [7, 11) is 0. The second kappa shape index (κ2) is 7.10. The van der Waals surface area contributed by atoms with Gasteiger partial charge in [0.2, 0.25) is 0 Å². The van der Waals surface area contributed by atoms with Gasteiger partial charge in [-0.15, -0.1) is 0 Å². The van der Waals surface area contributed by atoms with Gasteiger partial charge in [-0.25, -0.2) is 0 Å². The Morgan fingerprint density at radius 1 is 0.957 bits per heavy atom. The molecule has 0 unspecified atom stereocenters. The molecule has 0 amide bonds. The Labute approximate surface area is 136 Å². The Kier molecular flexibility index (Phi) is 4.72. The number of carbonyl (C=O) groups excluding carboxylic acids is 1. The molecule has 0 aliphatic rings. The fraction of sp³-hybridized carbons (Fsp3) is 0.190. The molecule has 0 radical (unpaired) electrons. The zero-order chi connectivity index (χ0) is 16.1. The standard InChI is InChI=1S/C21H20O2/c1-2-3-13-23-18-11-12-20(17(14-18)15-22)21-10-6-8-16-7-4-5-9-19(16)21/h4-12,14-15H,2-3,13H2,1H3. The molecule has 0 fully saturated rings. The molecule has 0 heterocycles. The average Bonchev–Trinajstić information content (AvgIpc) is 2.61. The summed E-state index contributed by atoms with van der Waals surface area (Å²) >= 11 is 0. The fourth-order valence-electron chi connectivity index (χ4n) is 2.77. The average molecular weight is 304 g/mol. The SMILES string of the molecule is CCCCOc1ccc(-c2cccc3ccccc23)c(C=O)c1. The van der Waals surface area contributed by atoms with Crippen molar-refractivity contribution in [3.63, 3.8) is 0 Å². The van der Waals surface area contributed by atoms with Crippen molar-refractivity contribution in [1.29, 1.82) is 0 Å². The molecule has 0 saturated carbocycles. The first kappa shape index (κ1) is 15.3. The predicted molar refractivity (Wildman–Crippen MR) is 95.2 cm³/mol. The Balaban J connectivity index is 2.03. The lowest BCUT2D eigenvalue weighted by atomic mass is 9.95. The second-order valence-corrected chi connectivity index (χ2v) is 5.60. The maximum Gasteiger partial charge on any atom is 0.150 e. The van der Waals surface area contributed by atoms with Gasteiger partial charge in [-0.05, 0) is 46.5 Å². The lowest BCUT2D eigenvalue weighted by molar-refractivity contribution is 0.112. The van der Waals surface area contributed by atoms with Gasteiger partial charge >= 0.3 is 0 Å². The number of aldehydes is 1. The van der Waals surface area contributed by atoms with Crippen LogP contribution in [0.3, 0.4) is 0 Å². The molecule has 116 valence electrons. The van der Waals surface area contributed by atoms with Crippen LogP contribution in [-0.2, 0) is 0 Å². The van der Waals surface area contributed by atoms with Crippen LogP contribution in [0.4, 0.5) is 0 Å². The minimum atomic E-state index is 0.662. The third-order valence-corrected chi connectivity index (χ3v) is 4.00. The Hall–Kier alpha value is -2.61. The molecule has 23 heavy (non-hydrogen) atoms. The first-order valence-corrected chi connectivity index (χ1v) is 8.03. The highest BCUT2D eigenvalue weighted by Crippen LogP contribution is 2.32. The van der Waals surface area contributed by atoms with Crippen molar-refractivity contribution >= 4 is 17.1 Å². The van der Waals surface area contributed by atoms with Crippen LogP contribution in [0.15, 0.2) is 60.7 Å². The van der Waals surface area contributed by atoms with Crippen LogP contribution in [0.25, 0.3) is 21.9 Å². The first-order valence-electron chi connectivity index (χ1n) is 8.03. The topological polar surface area (TPSA) is 26.3 Å². The van der Waals surface area contributed by atoms with E-state index in [0.717, 1.165) is 41.4 Å². The molecule has 0 aliphatic heterocycles. The van der Waals surface area contributed by atoms with Crippen LogP contribution in [0.1, 0.15) is 30.1 Å². The molecule has 0 atom stereocenters. The molecule has 2 nitrogen and oxygen atoms in total. The van der Waals surface area contributed by atoms with Gasteiger partial charge in [-0.1, -0.05) is 55.8 Å². The van der Waals surface area contributed by atoms with E-state index in [4.69, 9.17) is 4.74 Å². The zero-order valence-electron chi connectivity index (χ0n) is 13.3. The number of unbranched alkanes of at least 4 members (excludes halogenated alkanes) is 1. The molecule has 3 aromatic rings. The lowest BCUT2D eigenvalue weighted by Gasteiger charge is -2.11. The molecule has 3 rings (SSSR count). The van der Waals surface area contributed by atoms with Gasteiger partial charge in [-0.2, -0.15) is 0 Å². The van der Waals surface area contributed by atoms with Crippen molar-refractivity contribution in [3.8, 4) is 16.9 Å². The zero-order valence-corrected chi connectivity index (χ0v) is 13.3. The van der Waals surface area contributed by atoms with Crippen molar-refractivity contribution in [2.75, 3.05) is 6.61 Å². The van der Waals surface area contributed by atoms with E-state index >= 15 is 0 Å². The van der Waals surface area contributed by atoms with Gasteiger partial charge < -0.3 is 4.74 Å². The molecule has 0 aliphatic carbocycles. The van der Waals surface area contributed by atoms with Crippen molar-refractivity contribution in [1.82, 2.24) is 0 Å². The monoisotopic (exact) mass is 304 g/mol. The number of hydrogen-bond donors (Lipinski definition) is 0. The van der Waals surface area contributed by atoms with E-state index in [2.05, 4.69) is 31.2 Å². The summed E-state index contributed by atoms with van der Waals surface area (Å²) in [5, 5.41) is 2.32. The van der Waals surface area contributed by atoms with Gasteiger partial charge in [0.25, 0.3) is 0 Å². The van der Waals surface area contributed by atoms with Crippen LogP contribution in [-0.4, -0.2) is 12.9 Å². The third kappa shape index (κ3) is 3.26. The van der Waals surface area contributed by atoms with E-state index in [1.807, 2.05) is 36.4 Å². The lowest BCUT2D eigenvalue weighted by Crippen LogP contribution is -1.98. The van der Waals surface area contributed by atoms with Crippen molar-refractivity contribution in [2.24, 2.45) is 0 Å². The number of hydrogen-bond acceptors (Lipinski definition) is 2. The highest BCUT2D eigenvalue weighted by Gasteiger charge is 2.09. The Morgan fingerprint density at radius 3 is 2.61 bits per heavy atom. The maximum atomic E-state index is 11.6. The number of benzene rings is 3. The predicted octanol–water partition coefficient (Wildman–Crippen LogP) is 5.50. The summed E-state index contributed by atoms with van der Waals surface area (Å²) < 4.78 is 5.71. The van der Waals surface area contributed by atoms with Gasteiger partial charge in [0.1, 0.15) is 5.75 Å². The van der Waals surface area contributed by atoms with Gasteiger partial charge in [0.15, 0.2) is 6.29 Å². The first-order chi connectivity index (χ1) is 11.3. The van der Waals surface area contributed by atoms with E-state index in [-0.39, 0.29) is 0 Å². The fourth-order valence-corrected chi connectivity index (χ4v) is 2.77. The highest BCUT2D eigenvalue weighted by atomic mass is 16.5. The number of rotatable bonds is 6. The molecule has 2 heteroatoms. The number of carbonyl (C=O) groups is 1. The Bertz CT molecular complexity index is 816. The molecule has 0 spiro atoms. The molecule has 3 aromatic carbocycles. The smallest absolute Gasteiger partial charge is 0.150 e. The van der Waals surface area contributed by atoms with Crippen LogP contribution in [0.2, 0.25) is 0 Å². The molecule has 0 bridgehead atoms. The molecule has 0 aromatic heterocycles. The van der Waals surface area contributed by atoms with Crippen molar-refractivity contribution in [2.45, 2.75) is 19.8 Å². The summed E-state index contributed by atoms with van der Waals surface area (Å²) in [6.07, 6.45) is 3.01. The second-order valence-electron chi connectivity index (χ2n) is 5.60. The minimum absolute atomic E-state index is 0.662. The maximum absolute atomic E-state index is 11.6. The summed E-state index contributed by atoms with van der Waals surface area (Å²) in [4.78, 5) is 11.6. The van der Waals surface area contributed by atoms with E-state index < -0.39 is 0 Å². The largest absolute Gasteiger partial charge is 0.494 e. The Morgan fingerprint density at radius 2 is 1.78 bits per heavy atom. The van der Waals surface area contributed by atoms with Gasteiger partial charge in [-0.3, -0.25) is 4.79 Å². The molecular weight excluding hydrogens is 284 g/mol. The van der Waals surface area contributed by atoms with E-state index in [1.54, 1.807) is 0 Å². The van der Waals surface area contributed by atoms with Crippen LogP contribution < -0.4 is 4.74 Å². The quantitative estimate of drug-likeness (QED) is 0.444. The summed E-state index contributed by atoms with van der Waals surface area (Å²) in [5.41, 5.74) is 2.68.